The van der Waals surface area contributed by atoms with Gasteiger partial charge in [0.15, 0.2) is 0 Å². The molecule has 2 fully saturated rings. The van der Waals surface area contributed by atoms with E-state index in [9.17, 15) is 20.1 Å². The van der Waals surface area contributed by atoms with Gasteiger partial charge < -0.3 is 29.5 Å². The third kappa shape index (κ3) is 7.45. The number of rotatable bonds is 12. The van der Waals surface area contributed by atoms with Crippen molar-refractivity contribution in [3.05, 3.63) is 36.4 Å². The Hall–Kier alpha value is -2.09. The molecule has 0 spiro atoms. The first kappa shape index (κ1) is 26.5. The molecule has 7 nitrogen and oxygen atoms in total. The van der Waals surface area contributed by atoms with Gasteiger partial charge in [-0.2, -0.15) is 0 Å². The first-order chi connectivity index (χ1) is 16.4. The maximum Gasteiger partial charge on any atom is 0.306 e. The largest absolute Gasteiger partial charge is 0.497 e. The first-order valence-corrected chi connectivity index (χ1v) is 12.6. The number of methoxy groups -OCH3 is 1. The van der Waals surface area contributed by atoms with E-state index in [2.05, 4.69) is 0 Å². The van der Waals surface area contributed by atoms with Crippen molar-refractivity contribution >= 4 is 5.97 Å². The van der Waals surface area contributed by atoms with E-state index in [4.69, 9.17) is 14.2 Å². The van der Waals surface area contributed by atoms with Gasteiger partial charge in [-0.05, 0) is 68.2 Å². The van der Waals surface area contributed by atoms with E-state index >= 15 is 0 Å². The average Bonchev–Trinajstić information content (AvgIpc) is 2.99. The van der Waals surface area contributed by atoms with E-state index in [0.29, 0.717) is 31.1 Å². The molecule has 1 aliphatic heterocycles. The second-order valence-corrected chi connectivity index (χ2v) is 9.70. The van der Waals surface area contributed by atoms with Crippen molar-refractivity contribution in [3.8, 4) is 11.5 Å². The number of hydrogen-bond donors (Lipinski definition) is 3. The van der Waals surface area contributed by atoms with Crippen LogP contribution in [0.15, 0.2) is 36.4 Å². The molecule has 1 saturated carbocycles. The highest BCUT2D eigenvalue weighted by Gasteiger charge is 2.43. The molecule has 7 atom stereocenters. The summed E-state index contributed by atoms with van der Waals surface area (Å²) in [4.78, 5) is 11.4. The van der Waals surface area contributed by atoms with E-state index in [1.54, 1.807) is 37.5 Å². The van der Waals surface area contributed by atoms with Crippen LogP contribution < -0.4 is 9.47 Å². The minimum absolute atomic E-state index is 0.00764. The van der Waals surface area contributed by atoms with Crippen LogP contribution in [0, 0.1) is 23.7 Å². The molecule has 34 heavy (non-hydrogen) atoms. The molecule has 1 aromatic rings. The lowest BCUT2D eigenvalue weighted by Gasteiger charge is -2.21. The van der Waals surface area contributed by atoms with Crippen LogP contribution in [-0.2, 0) is 9.53 Å². The zero-order valence-electron chi connectivity index (χ0n) is 20.3. The van der Waals surface area contributed by atoms with E-state index in [-0.39, 0.29) is 30.5 Å². The fourth-order valence-electron chi connectivity index (χ4n) is 5.29. The Bertz CT molecular complexity index is 778. The van der Waals surface area contributed by atoms with Crippen molar-refractivity contribution in [2.75, 3.05) is 20.3 Å². The van der Waals surface area contributed by atoms with Crippen molar-refractivity contribution < 1.29 is 34.3 Å². The molecular formula is C27H40O7. The zero-order chi connectivity index (χ0) is 24.5. The molecule has 1 aliphatic carbocycles. The van der Waals surface area contributed by atoms with Crippen molar-refractivity contribution in [2.24, 2.45) is 23.7 Å². The highest BCUT2D eigenvalue weighted by molar-refractivity contribution is 5.69. The molecule has 3 N–H and O–H groups in total. The summed E-state index contributed by atoms with van der Waals surface area (Å²) >= 11 is 0. The minimum Gasteiger partial charge on any atom is -0.497 e. The molecular weight excluding hydrogens is 436 g/mol. The van der Waals surface area contributed by atoms with Gasteiger partial charge in [0.2, 0.25) is 0 Å². The number of aliphatic hydroxyl groups excluding tert-OH is 2. The van der Waals surface area contributed by atoms with Crippen LogP contribution in [-0.4, -0.2) is 59.9 Å². The highest BCUT2D eigenvalue weighted by atomic mass is 16.5. The summed E-state index contributed by atoms with van der Waals surface area (Å²) in [6, 6.07) is 7.19. The van der Waals surface area contributed by atoms with Crippen LogP contribution in [0.1, 0.15) is 51.9 Å². The lowest BCUT2D eigenvalue weighted by molar-refractivity contribution is -0.142. The number of ether oxygens (including phenoxy) is 3. The molecule has 1 saturated heterocycles. The molecule has 3 rings (SSSR count). The van der Waals surface area contributed by atoms with Gasteiger partial charge in [0.25, 0.3) is 0 Å². The van der Waals surface area contributed by atoms with Gasteiger partial charge in [-0.3, -0.25) is 4.79 Å². The summed E-state index contributed by atoms with van der Waals surface area (Å²) in [5, 5.41) is 30.4. The molecule has 2 aliphatic rings. The Morgan fingerprint density at radius 1 is 1.21 bits per heavy atom. The normalized spacial score (nSPS) is 28.8. The quantitative estimate of drug-likeness (QED) is 0.391. The molecule has 7 heteroatoms. The molecule has 190 valence electrons. The molecule has 1 heterocycles. The van der Waals surface area contributed by atoms with Gasteiger partial charge in [-0.15, -0.1) is 0 Å². The van der Waals surface area contributed by atoms with Gasteiger partial charge >= 0.3 is 5.97 Å². The van der Waals surface area contributed by atoms with E-state index in [1.165, 1.54) is 0 Å². The van der Waals surface area contributed by atoms with Crippen LogP contribution in [0.25, 0.3) is 0 Å². The van der Waals surface area contributed by atoms with Crippen LogP contribution in [0.3, 0.4) is 0 Å². The van der Waals surface area contributed by atoms with Crippen molar-refractivity contribution in [1.82, 2.24) is 0 Å². The number of aliphatic carboxylic acids is 1. The third-order valence-electron chi connectivity index (χ3n) is 7.29. The first-order valence-electron chi connectivity index (χ1n) is 12.6. The number of carboxylic acid groups (broad SMARTS) is 1. The number of hydrogen-bond acceptors (Lipinski definition) is 6. The number of carbonyl (C=O) groups is 1. The Balaban J connectivity index is 1.48. The summed E-state index contributed by atoms with van der Waals surface area (Å²) in [5.41, 5.74) is 0. The fourth-order valence-corrected chi connectivity index (χ4v) is 5.29. The average molecular weight is 477 g/mol. The monoisotopic (exact) mass is 476 g/mol. The Kier molecular flexibility index (Phi) is 10.2. The number of aliphatic hydroxyl groups is 2. The van der Waals surface area contributed by atoms with Crippen LogP contribution in [0.5, 0.6) is 11.5 Å². The maximum atomic E-state index is 11.4. The smallest absolute Gasteiger partial charge is 0.306 e. The van der Waals surface area contributed by atoms with Gasteiger partial charge in [0.05, 0.1) is 25.2 Å². The van der Waals surface area contributed by atoms with Gasteiger partial charge in [0.1, 0.15) is 24.2 Å². The molecule has 0 amide bonds. The Morgan fingerprint density at radius 3 is 2.62 bits per heavy atom. The Morgan fingerprint density at radius 2 is 1.94 bits per heavy atom. The van der Waals surface area contributed by atoms with Crippen LogP contribution in [0.4, 0.5) is 0 Å². The van der Waals surface area contributed by atoms with Crippen LogP contribution >= 0.6 is 0 Å². The summed E-state index contributed by atoms with van der Waals surface area (Å²) in [5.74, 6) is 0.926. The highest BCUT2D eigenvalue weighted by Crippen LogP contribution is 2.42. The predicted molar refractivity (Wildman–Crippen MR) is 129 cm³/mol. The van der Waals surface area contributed by atoms with Crippen LogP contribution in [0.2, 0.25) is 0 Å². The fraction of sp³-hybridized carbons (Fsp3) is 0.667. The molecule has 0 aromatic heterocycles. The Labute approximate surface area is 202 Å². The lowest BCUT2D eigenvalue weighted by Crippen LogP contribution is -2.22. The summed E-state index contributed by atoms with van der Waals surface area (Å²) in [7, 11) is 1.61. The summed E-state index contributed by atoms with van der Waals surface area (Å²) < 4.78 is 17.0. The maximum absolute atomic E-state index is 11.4. The number of carboxylic acids is 1. The lowest BCUT2D eigenvalue weighted by atomic mass is 9.85. The standard InChI is InChI=1S/C27H40O7/c1-3-4-19(27(30)31)7-5-18-6-13-24-23(25(29)15-26(24)34-16-18)14-8-20(28)17-33-22-11-9-21(32-2)10-12-22/h8-12,14,18-20,23-26,28-29H,3-7,13,15-17H2,1-2H3,(H,30,31)/b14-8+/t18-,19?,20-,23-,24-,25-,26+/m1/s1. The van der Waals surface area contributed by atoms with Crippen molar-refractivity contribution in [3.63, 3.8) is 0 Å². The molecule has 1 aromatic carbocycles. The van der Waals surface area contributed by atoms with E-state index < -0.39 is 18.2 Å². The van der Waals surface area contributed by atoms with Crippen molar-refractivity contribution in [2.45, 2.75) is 70.2 Å². The molecule has 0 bridgehead atoms. The van der Waals surface area contributed by atoms with Gasteiger partial charge in [-0.1, -0.05) is 25.5 Å². The second-order valence-electron chi connectivity index (χ2n) is 9.70. The van der Waals surface area contributed by atoms with Gasteiger partial charge in [0, 0.05) is 18.9 Å². The van der Waals surface area contributed by atoms with E-state index in [0.717, 1.165) is 37.9 Å². The zero-order valence-corrected chi connectivity index (χ0v) is 20.3. The summed E-state index contributed by atoms with van der Waals surface area (Å²) in [6.07, 6.45) is 8.03. The van der Waals surface area contributed by atoms with Crippen molar-refractivity contribution in [1.29, 1.82) is 0 Å². The second kappa shape index (κ2) is 13.1. The predicted octanol–water partition coefficient (Wildman–Crippen LogP) is 4.06. The molecule has 0 radical (unpaired) electrons. The van der Waals surface area contributed by atoms with Gasteiger partial charge in [-0.25, -0.2) is 0 Å². The third-order valence-corrected chi connectivity index (χ3v) is 7.29. The number of fused-ring (bicyclic) bond motifs is 1. The number of benzene rings is 1. The topological polar surface area (TPSA) is 105 Å². The molecule has 1 unspecified atom stereocenters. The minimum atomic E-state index is -0.778. The SMILES string of the molecule is CCCC(CC[C@@H]1CC[C@@H]2[C@@H](/C=C/[C@@H](O)COc3ccc(OC)cc3)[C@H](O)C[C@@H]2OC1)C(=O)O. The summed E-state index contributed by atoms with van der Waals surface area (Å²) in [6.45, 7) is 2.77. The van der Waals surface area contributed by atoms with E-state index in [1.807, 2.05) is 13.0 Å².